The molecule has 0 saturated carbocycles. The molecular weight excluding hydrogens is 167 g/mol. The molecule has 1 nitrogen and oxygen atoms in total. The fourth-order valence-corrected chi connectivity index (χ4v) is 0.428. The number of rotatable bonds is 0. The van der Waals surface area contributed by atoms with E-state index in [1.54, 1.807) is 24.3 Å². The maximum absolute atomic E-state index is 8.63. The SMILES string of the molecule is C[P+](C)(C)C.Oc1ccccc1. The number of aromatic hydroxyl groups is 1. The first kappa shape index (κ1) is 11.4. The molecule has 1 N–H and O–H groups in total. The Morgan fingerprint density at radius 3 is 1.42 bits per heavy atom. The van der Waals surface area contributed by atoms with Gasteiger partial charge in [-0.3, -0.25) is 0 Å². The van der Waals surface area contributed by atoms with E-state index in [2.05, 4.69) is 26.7 Å². The molecule has 0 fully saturated rings. The quantitative estimate of drug-likeness (QED) is 0.616. The van der Waals surface area contributed by atoms with E-state index in [-0.39, 0.29) is 7.26 Å². The van der Waals surface area contributed by atoms with Gasteiger partial charge in [-0.25, -0.2) is 0 Å². The van der Waals surface area contributed by atoms with Gasteiger partial charge in [0, 0.05) is 33.9 Å². The summed E-state index contributed by atoms with van der Waals surface area (Å²) in [5, 5.41) is 8.63. The first-order chi connectivity index (χ1) is 5.39. The molecule has 0 aliphatic carbocycles. The second-order valence-electron chi connectivity index (χ2n) is 4.02. The third-order valence-corrected chi connectivity index (χ3v) is 0.756. The molecular formula is C10H18OP+. The van der Waals surface area contributed by atoms with E-state index in [0.717, 1.165) is 0 Å². The minimum Gasteiger partial charge on any atom is -0.508 e. The third kappa shape index (κ3) is 12.2. The van der Waals surface area contributed by atoms with Crippen molar-refractivity contribution in [3.8, 4) is 5.75 Å². The average molecular weight is 185 g/mol. The highest BCUT2D eigenvalue weighted by molar-refractivity contribution is 7.72. The van der Waals surface area contributed by atoms with Crippen LogP contribution in [0.2, 0.25) is 0 Å². The van der Waals surface area contributed by atoms with Crippen molar-refractivity contribution in [2.75, 3.05) is 26.7 Å². The minimum atomic E-state index is -0.389. The summed E-state index contributed by atoms with van der Waals surface area (Å²) in [6, 6.07) is 8.71. The smallest absolute Gasteiger partial charge is 0.115 e. The molecule has 0 saturated heterocycles. The van der Waals surface area contributed by atoms with E-state index in [1.807, 2.05) is 6.07 Å². The van der Waals surface area contributed by atoms with Crippen molar-refractivity contribution in [3.63, 3.8) is 0 Å². The Kier molecular flexibility index (Phi) is 4.92. The maximum atomic E-state index is 8.63. The van der Waals surface area contributed by atoms with Crippen molar-refractivity contribution >= 4 is 7.26 Å². The lowest BCUT2D eigenvalue weighted by Gasteiger charge is -1.97. The van der Waals surface area contributed by atoms with E-state index in [4.69, 9.17) is 5.11 Å². The molecule has 0 amide bonds. The van der Waals surface area contributed by atoms with Crippen molar-refractivity contribution in [1.82, 2.24) is 0 Å². The first-order valence-corrected chi connectivity index (χ1v) is 7.50. The standard InChI is InChI=1S/C6H6O.C4H12P/c7-6-4-2-1-3-5-6;1-5(2,3)4/h1-5,7H;1-4H3/q;+1. The molecule has 2 heteroatoms. The molecule has 0 bridgehead atoms. The number of phenolic OH excluding ortho intramolecular Hbond substituents is 1. The van der Waals surface area contributed by atoms with Gasteiger partial charge in [-0.1, -0.05) is 18.2 Å². The van der Waals surface area contributed by atoms with Gasteiger partial charge in [0.05, 0.1) is 0 Å². The maximum Gasteiger partial charge on any atom is 0.115 e. The lowest BCUT2D eigenvalue weighted by Crippen LogP contribution is -1.74. The van der Waals surface area contributed by atoms with E-state index in [0.29, 0.717) is 5.75 Å². The molecule has 0 unspecified atom stereocenters. The monoisotopic (exact) mass is 185 g/mol. The van der Waals surface area contributed by atoms with Crippen molar-refractivity contribution in [2.45, 2.75) is 0 Å². The topological polar surface area (TPSA) is 20.2 Å². The number of hydrogen-bond acceptors (Lipinski definition) is 1. The van der Waals surface area contributed by atoms with Gasteiger partial charge in [-0.05, 0) is 12.1 Å². The largest absolute Gasteiger partial charge is 0.508 e. The Hall–Kier alpha value is -0.550. The number of para-hydroxylation sites is 1. The van der Waals surface area contributed by atoms with Crippen LogP contribution in [0.5, 0.6) is 5.75 Å². The van der Waals surface area contributed by atoms with Crippen molar-refractivity contribution in [3.05, 3.63) is 30.3 Å². The van der Waals surface area contributed by atoms with Gasteiger partial charge < -0.3 is 5.11 Å². The minimum absolute atomic E-state index is 0.322. The highest BCUT2D eigenvalue weighted by atomic mass is 31.2. The zero-order chi connectivity index (χ0) is 9.61. The molecule has 1 rings (SSSR count). The number of hydrogen-bond donors (Lipinski definition) is 1. The summed E-state index contributed by atoms with van der Waals surface area (Å²) in [6.45, 7) is 9.19. The van der Waals surface area contributed by atoms with Crippen LogP contribution in [0.4, 0.5) is 0 Å². The molecule has 1 aromatic carbocycles. The predicted octanol–water partition coefficient (Wildman–Crippen LogP) is 2.92. The van der Waals surface area contributed by atoms with Gasteiger partial charge in [0.2, 0.25) is 0 Å². The summed E-state index contributed by atoms with van der Waals surface area (Å²) in [4.78, 5) is 0. The third-order valence-electron chi connectivity index (χ3n) is 0.756. The predicted molar refractivity (Wildman–Crippen MR) is 58.7 cm³/mol. The van der Waals surface area contributed by atoms with Crippen LogP contribution >= 0.6 is 7.26 Å². The fraction of sp³-hybridized carbons (Fsp3) is 0.400. The van der Waals surface area contributed by atoms with E-state index < -0.39 is 0 Å². The molecule has 0 aromatic heterocycles. The van der Waals surface area contributed by atoms with Gasteiger partial charge in [0.1, 0.15) is 5.75 Å². The summed E-state index contributed by atoms with van der Waals surface area (Å²) in [6.07, 6.45) is 0. The Balaban J connectivity index is 0.000000217. The molecule has 12 heavy (non-hydrogen) atoms. The van der Waals surface area contributed by atoms with Crippen LogP contribution in [-0.4, -0.2) is 31.8 Å². The van der Waals surface area contributed by atoms with Gasteiger partial charge in [0.25, 0.3) is 0 Å². The van der Waals surface area contributed by atoms with Crippen molar-refractivity contribution in [2.24, 2.45) is 0 Å². The Labute approximate surface area is 75.8 Å². The van der Waals surface area contributed by atoms with Crippen LogP contribution in [0, 0.1) is 0 Å². The number of phenols is 1. The lowest BCUT2D eigenvalue weighted by atomic mass is 10.3. The summed E-state index contributed by atoms with van der Waals surface area (Å²) in [5.41, 5.74) is 0. The van der Waals surface area contributed by atoms with Crippen LogP contribution in [0.15, 0.2) is 30.3 Å². The zero-order valence-corrected chi connectivity index (χ0v) is 9.18. The van der Waals surface area contributed by atoms with E-state index in [1.165, 1.54) is 0 Å². The van der Waals surface area contributed by atoms with Crippen molar-refractivity contribution in [1.29, 1.82) is 0 Å². The second-order valence-corrected chi connectivity index (χ2v) is 9.39. The molecule has 0 spiro atoms. The molecule has 0 radical (unpaired) electrons. The van der Waals surface area contributed by atoms with Crippen LogP contribution in [0.1, 0.15) is 0 Å². The lowest BCUT2D eigenvalue weighted by molar-refractivity contribution is 0.475. The Bertz CT molecular complexity index is 195. The molecule has 68 valence electrons. The summed E-state index contributed by atoms with van der Waals surface area (Å²) in [5.74, 6) is 0.322. The zero-order valence-electron chi connectivity index (χ0n) is 8.28. The second kappa shape index (κ2) is 5.16. The summed E-state index contributed by atoms with van der Waals surface area (Å²) < 4.78 is 0. The Morgan fingerprint density at radius 1 is 0.917 bits per heavy atom. The normalized spacial score (nSPS) is 10.0. The number of benzene rings is 1. The van der Waals surface area contributed by atoms with Gasteiger partial charge in [-0.2, -0.15) is 0 Å². The van der Waals surface area contributed by atoms with Crippen LogP contribution < -0.4 is 0 Å². The van der Waals surface area contributed by atoms with E-state index in [9.17, 15) is 0 Å². The van der Waals surface area contributed by atoms with Gasteiger partial charge in [0.15, 0.2) is 0 Å². The van der Waals surface area contributed by atoms with Crippen LogP contribution in [0.3, 0.4) is 0 Å². The molecule has 0 aliphatic rings. The van der Waals surface area contributed by atoms with Crippen molar-refractivity contribution < 1.29 is 5.11 Å². The van der Waals surface area contributed by atoms with Crippen LogP contribution in [0.25, 0.3) is 0 Å². The average Bonchev–Trinajstić information content (AvgIpc) is 1.85. The molecule has 0 atom stereocenters. The van der Waals surface area contributed by atoms with E-state index >= 15 is 0 Å². The molecule has 0 aliphatic heterocycles. The summed E-state index contributed by atoms with van der Waals surface area (Å²) >= 11 is 0. The van der Waals surface area contributed by atoms with Gasteiger partial charge >= 0.3 is 0 Å². The Morgan fingerprint density at radius 2 is 1.25 bits per heavy atom. The molecule has 0 heterocycles. The first-order valence-electron chi connectivity index (χ1n) is 3.92. The highest BCUT2D eigenvalue weighted by Gasteiger charge is 2.03. The molecule has 1 aromatic rings. The highest BCUT2D eigenvalue weighted by Crippen LogP contribution is 2.40. The van der Waals surface area contributed by atoms with Gasteiger partial charge in [-0.15, -0.1) is 0 Å². The van der Waals surface area contributed by atoms with Crippen LogP contribution in [-0.2, 0) is 0 Å². The summed E-state index contributed by atoms with van der Waals surface area (Å²) in [7, 11) is -0.389. The fourth-order valence-electron chi connectivity index (χ4n) is 0.428.